The highest BCUT2D eigenvalue weighted by Crippen LogP contribution is 2.65. The number of alkyl halides is 1. The standard InChI is InChI=1S/C15H26BClO2/c1-9(2)6-13(17)16-18-12-8-10-7-11(14(10,3)4)15(12,5)19-16/h9-13H,6-8H2,1-5H3/t10-,11-,12-,13-,15+/m1/s1. The van der Waals surface area contributed by atoms with E-state index in [1.54, 1.807) is 0 Å². The molecule has 3 aliphatic carbocycles. The molecule has 108 valence electrons. The van der Waals surface area contributed by atoms with E-state index in [1.807, 2.05) is 0 Å². The van der Waals surface area contributed by atoms with Crippen LogP contribution in [0.3, 0.4) is 0 Å². The van der Waals surface area contributed by atoms with Crippen LogP contribution in [0.25, 0.3) is 0 Å². The molecule has 4 heteroatoms. The minimum atomic E-state index is -0.214. The molecule has 4 rings (SSSR count). The Hall–Kier alpha value is 0.275. The van der Waals surface area contributed by atoms with Gasteiger partial charge < -0.3 is 9.31 Å². The summed E-state index contributed by atoms with van der Waals surface area (Å²) in [6.45, 7) is 11.4. The highest BCUT2D eigenvalue weighted by Gasteiger charge is 2.68. The van der Waals surface area contributed by atoms with Crippen molar-refractivity contribution in [1.82, 2.24) is 0 Å². The Morgan fingerprint density at radius 1 is 1.26 bits per heavy atom. The van der Waals surface area contributed by atoms with Crippen LogP contribution in [0, 0.1) is 23.2 Å². The van der Waals surface area contributed by atoms with Gasteiger partial charge in [0.1, 0.15) is 0 Å². The van der Waals surface area contributed by atoms with Crippen molar-refractivity contribution >= 4 is 18.7 Å². The van der Waals surface area contributed by atoms with Gasteiger partial charge in [-0.1, -0.05) is 27.7 Å². The molecule has 4 fully saturated rings. The molecule has 1 aliphatic heterocycles. The summed E-state index contributed by atoms with van der Waals surface area (Å²) in [6.07, 6.45) is 3.64. The summed E-state index contributed by atoms with van der Waals surface area (Å²) in [7, 11) is -0.214. The second-order valence-electron chi connectivity index (χ2n) is 7.98. The molecule has 19 heavy (non-hydrogen) atoms. The summed E-state index contributed by atoms with van der Waals surface area (Å²) in [5.74, 6) is 2.00. The maximum absolute atomic E-state index is 6.49. The van der Waals surface area contributed by atoms with Gasteiger partial charge in [-0.3, -0.25) is 0 Å². The van der Waals surface area contributed by atoms with Gasteiger partial charge in [0.15, 0.2) is 0 Å². The van der Waals surface area contributed by atoms with Crippen molar-refractivity contribution in [3.05, 3.63) is 0 Å². The Kier molecular flexibility index (Phi) is 3.28. The lowest BCUT2D eigenvalue weighted by atomic mass is 9.43. The predicted octanol–water partition coefficient (Wildman–Crippen LogP) is 3.91. The molecular formula is C15H26BClO2. The molecule has 1 saturated heterocycles. The van der Waals surface area contributed by atoms with E-state index >= 15 is 0 Å². The fourth-order valence-corrected chi connectivity index (χ4v) is 5.08. The van der Waals surface area contributed by atoms with Crippen molar-refractivity contribution in [2.45, 2.75) is 70.9 Å². The second-order valence-corrected chi connectivity index (χ2v) is 8.54. The van der Waals surface area contributed by atoms with Gasteiger partial charge in [0.2, 0.25) is 0 Å². The quantitative estimate of drug-likeness (QED) is 0.578. The van der Waals surface area contributed by atoms with Gasteiger partial charge in [-0.25, -0.2) is 0 Å². The van der Waals surface area contributed by atoms with Gasteiger partial charge in [-0.2, -0.15) is 0 Å². The van der Waals surface area contributed by atoms with E-state index in [0.717, 1.165) is 18.8 Å². The van der Waals surface area contributed by atoms with Gasteiger partial charge in [-0.15, -0.1) is 11.6 Å². The molecule has 0 aromatic heterocycles. The first-order valence-corrected chi connectivity index (χ1v) is 8.16. The SMILES string of the molecule is CC(C)C[C@@H](Cl)B1O[C@@H]2C[C@H]3C[C@H](C3(C)C)[C@]2(C)O1. The Morgan fingerprint density at radius 2 is 1.95 bits per heavy atom. The molecule has 2 bridgehead atoms. The van der Waals surface area contributed by atoms with Crippen LogP contribution >= 0.6 is 11.6 Å². The third-order valence-electron chi connectivity index (χ3n) is 5.96. The molecule has 0 aromatic carbocycles. The summed E-state index contributed by atoms with van der Waals surface area (Å²) >= 11 is 6.49. The van der Waals surface area contributed by atoms with E-state index in [4.69, 9.17) is 20.9 Å². The Morgan fingerprint density at radius 3 is 2.53 bits per heavy atom. The Labute approximate surface area is 122 Å². The van der Waals surface area contributed by atoms with Crippen LogP contribution < -0.4 is 0 Å². The molecule has 1 heterocycles. The maximum Gasteiger partial charge on any atom is 0.476 e. The summed E-state index contributed by atoms with van der Waals surface area (Å²) in [6, 6.07) is 0. The number of hydrogen-bond donors (Lipinski definition) is 0. The summed E-state index contributed by atoms with van der Waals surface area (Å²) in [5.41, 5.74) is 0.288. The first-order valence-electron chi connectivity index (χ1n) is 7.72. The lowest BCUT2D eigenvalue weighted by Gasteiger charge is -2.64. The van der Waals surface area contributed by atoms with Crippen molar-refractivity contribution in [2.75, 3.05) is 0 Å². The van der Waals surface area contributed by atoms with E-state index in [2.05, 4.69) is 34.6 Å². The second kappa shape index (κ2) is 4.38. The molecule has 4 aliphatic rings. The molecule has 0 spiro atoms. The minimum absolute atomic E-state index is 0.0252. The van der Waals surface area contributed by atoms with Crippen LogP contribution in [0.4, 0.5) is 0 Å². The highest BCUT2D eigenvalue weighted by molar-refractivity contribution is 6.59. The normalized spacial score (nSPS) is 45.0. The smallest absolute Gasteiger partial charge is 0.404 e. The number of rotatable bonds is 3. The van der Waals surface area contributed by atoms with E-state index in [0.29, 0.717) is 17.3 Å². The fourth-order valence-electron chi connectivity index (χ4n) is 4.61. The number of halogens is 1. The van der Waals surface area contributed by atoms with Gasteiger partial charge in [0, 0.05) is 0 Å². The fraction of sp³-hybridized carbons (Fsp3) is 1.00. The minimum Gasteiger partial charge on any atom is -0.404 e. The van der Waals surface area contributed by atoms with Crippen molar-refractivity contribution < 1.29 is 9.31 Å². The van der Waals surface area contributed by atoms with Crippen LogP contribution in [0.5, 0.6) is 0 Å². The zero-order valence-corrected chi connectivity index (χ0v) is 13.5. The predicted molar refractivity (Wildman–Crippen MR) is 79.2 cm³/mol. The zero-order chi connectivity index (χ0) is 14.0. The Balaban J connectivity index is 1.74. The molecule has 3 saturated carbocycles. The summed E-state index contributed by atoms with van der Waals surface area (Å²) < 4.78 is 12.5. The lowest BCUT2D eigenvalue weighted by molar-refractivity contribution is -0.199. The van der Waals surface area contributed by atoms with Crippen LogP contribution in [0.1, 0.15) is 53.9 Å². The lowest BCUT2D eigenvalue weighted by Crippen LogP contribution is -2.65. The molecular weight excluding hydrogens is 258 g/mol. The first-order chi connectivity index (χ1) is 8.75. The van der Waals surface area contributed by atoms with Gasteiger partial charge >= 0.3 is 7.12 Å². The third-order valence-corrected chi connectivity index (χ3v) is 6.34. The van der Waals surface area contributed by atoms with E-state index in [1.165, 1.54) is 6.42 Å². The molecule has 0 aromatic rings. The number of hydrogen-bond acceptors (Lipinski definition) is 2. The summed E-state index contributed by atoms with van der Waals surface area (Å²) in [4.78, 5) is 0. The van der Waals surface area contributed by atoms with E-state index < -0.39 is 0 Å². The van der Waals surface area contributed by atoms with Crippen molar-refractivity contribution in [3.63, 3.8) is 0 Å². The molecule has 5 atom stereocenters. The largest absolute Gasteiger partial charge is 0.476 e. The van der Waals surface area contributed by atoms with Crippen LogP contribution in [-0.2, 0) is 9.31 Å². The van der Waals surface area contributed by atoms with Gasteiger partial charge in [-0.05, 0) is 49.4 Å². The molecule has 0 unspecified atom stereocenters. The van der Waals surface area contributed by atoms with Crippen LogP contribution in [-0.4, -0.2) is 24.1 Å². The molecule has 2 nitrogen and oxygen atoms in total. The molecule has 0 N–H and O–H groups in total. The Bertz CT molecular complexity index is 373. The average Bonchev–Trinajstić information content (AvgIpc) is 2.64. The topological polar surface area (TPSA) is 18.5 Å². The first kappa shape index (κ1) is 14.2. The zero-order valence-electron chi connectivity index (χ0n) is 12.8. The molecule has 0 radical (unpaired) electrons. The average molecular weight is 285 g/mol. The van der Waals surface area contributed by atoms with Crippen LogP contribution in [0.15, 0.2) is 0 Å². The van der Waals surface area contributed by atoms with Crippen molar-refractivity contribution in [2.24, 2.45) is 23.2 Å². The van der Waals surface area contributed by atoms with E-state index in [9.17, 15) is 0 Å². The van der Waals surface area contributed by atoms with E-state index in [-0.39, 0.29) is 24.1 Å². The monoisotopic (exact) mass is 284 g/mol. The highest BCUT2D eigenvalue weighted by atomic mass is 35.5. The summed E-state index contributed by atoms with van der Waals surface area (Å²) in [5, 5.41) is -0.0252. The molecule has 0 amide bonds. The maximum atomic E-state index is 6.49. The van der Waals surface area contributed by atoms with Crippen molar-refractivity contribution in [1.29, 1.82) is 0 Å². The van der Waals surface area contributed by atoms with Gasteiger partial charge in [0.05, 0.1) is 17.0 Å². The van der Waals surface area contributed by atoms with Crippen LogP contribution in [0.2, 0.25) is 0 Å². The third kappa shape index (κ3) is 1.99. The van der Waals surface area contributed by atoms with Gasteiger partial charge in [0.25, 0.3) is 0 Å². The van der Waals surface area contributed by atoms with Crippen molar-refractivity contribution in [3.8, 4) is 0 Å².